The smallest absolute Gasteiger partial charge is 0.300 e. The average Bonchev–Trinajstić information content (AvgIpc) is 2.28. The van der Waals surface area contributed by atoms with Crippen molar-refractivity contribution in [2.24, 2.45) is 0 Å². The first kappa shape index (κ1) is 14.4. The first-order chi connectivity index (χ1) is 10.3. The van der Waals surface area contributed by atoms with E-state index in [0.717, 1.165) is 51.4 Å². The van der Waals surface area contributed by atoms with Crippen molar-refractivity contribution in [2.75, 3.05) is 0 Å². The van der Waals surface area contributed by atoms with E-state index in [0.29, 0.717) is 0 Å². The van der Waals surface area contributed by atoms with Crippen LogP contribution in [0.4, 0.5) is 0 Å². The molecule has 0 radical (unpaired) electrons. The maximum absolute atomic E-state index is 6.23. The lowest BCUT2D eigenvalue weighted by atomic mass is 9.95. The molecule has 0 N–H and O–H groups in total. The molecule has 0 aliphatic heterocycles. The Morgan fingerprint density at radius 1 is 0.429 bits per heavy atom. The van der Waals surface area contributed by atoms with Crippen LogP contribution in [0.1, 0.15) is 77.0 Å². The van der Waals surface area contributed by atoms with Crippen molar-refractivity contribution < 1.29 is 18.9 Å². The molecule has 0 amide bonds. The maximum atomic E-state index is 6.23. The molecule has 0 bridgehead atoms. The molecule has 0 spiro atoms. The summed E-state index contributed by atoms with van der Waals surface area (Å²) in [4.78, 5) is 0. The molecule has 4 nitrogen and oxygen atoms in total. The van der Waals surface area contributed by atoms with Crippen molar-refractivity contribution in [3.63, 3.8) is 0 Å². The van der Waals surface area contributed by atoms with Gasteiger partial charge in [0.25, 0.3) is 0 Å². The Bertz CT molecular complexity index is 273. The molecule has 4 saturated carbocycles. The maximum Gasteiger partial charge on any atom is 0.413 e. The van der Waals surface area contributed by atoms with Gasteiger partial charge in [-0.1, -0.05) is 0 Å². The Labute approximate surface area is 127 Å². The van der Waals surface area contributed by atoms with Crippen molar-refractivity contribution in [2.45, 2.75) is 108 Å². The second kappa shape index (κ2) is 6.15. The highest BCUT2D eigenvalue weighted by molar-refractivity contribution is 4.78. The predicted molar refractivity (Wildman–Crippen MR) is 77.6 cm³/mol. The van der Waals surface area contributed by atoms with Crippen molar-refractivity contribution in [3.05, 3.63) is 0 Å². The van der Waals surface area contributed by atoms with Gasteiger partial charge in [-0.3, -0.25) is 18.9 Å². The molecule has 0 aromatic carbocycles. The molecule has 4 aliphatic carbocycles. The normalized spacial score (nSPS) is 28.6. The fourth-order valence-electron chi connectivity index (χ4n) is 2.94. The standard InChI is InChI=1S/C17H28O4/c1-5-13(6-1)18-17(19-14-7-2-8-14,20-15-9-3-10-15)21-16-11-4-12-16/h13-16H,1-12H2. The van der Waals surface area contributed by atoms with Crippen LogP contribution < -0.4 is 0 Å². The fourth-order valence-corrected chi connectivity index (χ4v) is 2.94. The van der Waals surface area contributed by atoms with Gasteiger partial charge < -0.3 is 0 Å². The Kier molecular flexibility index (Phi) is 4.23. The molecule has 0 aromatic rings. The fraction of sp³-hybridized carbons (Fsp3) is 1.00. The third kappa shape index (κ3) is 3.29. The summed E-state index contributed by atoms with van der Waals surface area (Å²) < 4.78 is 24.9. The van der Waals surface area contributed by atoms with Crippen molar-refractivity contribution in [1.29, 1.82) is 0 Å². The van der Waals surface area contributed by atoms with Gasteiger partial charge in [0.1, 0.15) is 0 Å². The van der Waals surface area contributed by atoms with Crippen LogP contribution in [-0.4, -0.2) is 30.6 Å². The Balaban J connectivity index is 1.45. The summed E-state index contributed by atoms with van der Waals surface area (Å²) in [6, 6.07) is 0. The molecule has 0 atom stereocenters. The second-order valence-electron chi connectivity index (χ2n) is 7.18. The summed E-state index contributed by atoms with van der Waals surface area (Å²) in [5, 5.41) is 0. The number of hydrogen-bond acceptors (Lipinski definition) is 4. The Morgan fingerprint density at radius 2 is 0.667 bits per heavy atom. The zero-order valence-electron chi connectivity index (χ0n) is 12.9. The van der Waals surface area contributed by atoms with Crippen LogP contribution >= 0.6 is 0 Å². The summed E-state index contributed by atoms with van der Waals surface area (Å²) in [6.45, 7) is 0. The molecule has 4 rings (SSSR count). The largest absolute Gasteiger partial charge is 0.413 e. The Morgan fingerprint density at radius 3 is 0.810 bits per heavy atom. The molecular formula is C17H28O4. The molecule has 21 heavy (non-hydrogen) atoms. The van der Waals surface area contributed by atoms with Gasteiger partial charge in [0, 0.05) is 0 Å². The molecular weight excluding hydrogens is 268 g/mol. The number of hydrogen-bond donors (Lipinski definition) is 0. The molecule has 0 aromatic heterocycles. The van der Waals surface area contributed by atoms with Gasteiger partial charge in [-0.15, -0.1) is 0 Å². The highest BCUT2D eigenvalue weighted by Gasteiger charge is 2.48. The highest BCUT2D eigenvalue weighted by atomic mass is 17.0. The zero-order chi connectivity index (χ0) is 14.1. The summed E-state index contributed by atoms with van der Waals surface area (Å²) in [6.07, 6.45) is 13.7. The zero-order valence-corrected chi connectivity index (χ0v) is 12.9. The number of rotatable bonds is 8. The van der Waals surface area contributed by atoms with Crippen molar-refractivity contribution in [3.8, 4) is 0 Å². The summed E-state index contributed by atoms with van der Waals surface area (Å²) >= 11 is 0. The highest BCUT2D eigenvalue weighted by Crippen LogP contribution is 2.40. The van der Waals surface area contributed by atoms with E-state index in [4.69, 9.17) is 18.9 Å². The van der Waals surface area contributed by atoms with Crippen molar-refractivity contribution in [1.82, 2.24) is 0 Å². The molecule has 4 heteroatoms. The first-order valence-corrected chi connectivity index (χ1v) is 9.03. The lowest BCUT2D eigenvalue weighted by Gasteiger charge is -2.46. The first-order valence-electron chi connectivity index (χ1n) is 9.03. The molecule has 4 aliphatic rings. The SMILES string of the molecule is C1CC(OC(OC2CCC2)(OC2CCC2)OC2CCC2)C1. The molecule has 0 unspecified atom stereocenters. The van der Waals surface area contributed by atoms with E-state index in [2.05, 4.69) is 0 Å². The Hall–Kier alpha value is -0.160. The summed E-state index contributed by atoms with van der Waals surface area (Å²) in [7, 11) is 0. The van der Waals surface area contributed by atoms with Crippen LogP contribution in [-0.2, 0) is 18.9 Å². The number of ether oxygens (including phenoxy) is 4. The minimum Gasteiger partial charge on any atom is -0.300 e. The van der Waals surface area contributed by atoms with E-state index in [1.54, 1.807) is 0 Å². The molecule has 4 fully saturated rings. The van der Waals surface area contributed by atoms with Crippen LogP contribution in [0.25, 0.3) is 0 Å². The van der Waals surface area contributed by atoms with Crippen LogP contribution in [0.3, 0.4) is 0 Å². The quantitative estimate of drug-likeness (QED) is 0.637. The van der Waals surface area contributed by atoms with Crippen LogP contribution in [0, 0.1) is 0 Å². The molecule has 120 valence electrons. The van der Waals surface area contributed by atoms with E-state index in [1.807, 2.05) is 0 Å². The van der Waals surface area contributed by atoms with Crippen LogP contribution in [0.15, 0.2) is 0 Å². The van der Waals surface area contributed by atoms with Gasteiger partial charge in [0.2, 0.25) is 0 Å². The topological polar surface area (TPSA) is 36.9 Å². The van der Waals surface area contributed by atoms with E-state index in [-0.39, 0.29) is 24.4 Å². The minimum atomic E-state index is -1.20. The van der Waals surface area contributed by atoms with Gasteiger partial charge in [-0.05, 0) is 77.0 Å². The summed E-state index contributed by atoms with van der Waals surface area (Å²) in [5.74, 6) is 0. The van der Waals surface area contributed by atoms with E-state index in [9.17, 15) is 0 Å². The van der Waals surface area contributed by atoms with E-state index >= 15 is 0 Å². The van der Waals surface area contributed by atoms with Crippen LogP contribution in [0.2, 0.25) is 0 Å². The monoisotopic (exact) mass is 296 g/mol. The third-order valence-corrected chi connectivity index (χ3v) is 5.45. The average molecular weight is 296 g/mol. The second-order valence-corrected chi connectivity index (χ2v) is 7.18. The van der Waals surface area contributed by atoms with Crippen molar-refractivity contribution >= 4 is 0 Å². The van der Waals surface area contributed by atoms with Crippen LogP contribution in [0.5, 0.6) is 0 Å². The molecule has 0 heterocycles. The van der Waals surface area contributed by atoms with Gasteiger partial charge >= 0.3 is 6.16 Å². The van der Waals surface area contributed by atoms with E-state index in [1.165, 1.54) is 25.7 Å². The lowest BCUT2D eigenvalue weighted by molar-refractivity contribution is -0.544. The predicted octanol–water partition coefficient (Wildman–Crippen LogP) is 3.87. The molecule has 0 saturated heterocycles. The minimum absolute atomic E-state index is 0.255. The van der Waals surface area contributed by atoms with E-state index < -0.39 is 6.16 Å². The third-order valence-electron chi connectivity index (χ3n) is 5.45. The van der Waals surface area contributed by atoms with Gasteiger partial charge in [0.15, 0.2) is 0 Å². The summed E-state index contributed by atoms with van der Waals surface area (Å²) in [5.41, 5.74) is 0. The lowest BCUT2D eigenvalue weighted by Crippen LogP contribution is -2.54. The van der Waals surface area contributed by atoms with Gasteiger partial charge in [-0.2, -0.15) is 0 Å². The van der Waals surface area contributed by atoms with Gasteiger partial charge in [0.05, 0.1) is 24.4 Å². The van der Waals surface area contributed by atoms with Gasteiger partial charge in [-0.25, -0.2) is 0 Å².